The van der Waals surface area contributed by atoms with Crippen molar-refractivity contribution in [3.05, 3.63) is 52.8 Å². The summed E-state index contributed by atoms with van der Waals surface area (Å²) in [6.07, 6.45) is 7.48. The number of benzene rings is 1. The summed E-state index contributed by atoms with van der Waals surface area (Å²) in [6.45, 7) is 0.709. The molecule has 5 heteroatoms. The fourth-order valence-electron chi connectivity index (χ4n) is 2.32. The normalized spacial score (nSPS) is 15.1. The maximum absolute atomic E-state index is 11.0. The van der Waals surface area contributed by atoms with Crippen molar-refractivity contribution >= 4 is 28.6 Å². The van der Waals surface area contributed by atoms with Gasteiger partial charge in [-0.25, -0.2) is 9.78 Å². The molecule has 0 saturated carbocycles. The van der Waals surface area contributed by atoms with Gasteiger partial charge in [0.2, 0.25) is 0 Å². The zero-order valence-corrected chi connectivity index (χ0v) is 11.5. The lowest BCUT2D eigenvalue weighted by Gasteiger charge is -2.12. The van der Waals surface area contributed by atoms with Crippen molar-refractivity contribution in [2.75, 3.05) is 0 Å². The van der Waals surface area contributed by atoms with Crippen LogP contribution in [-0.4, -0.2) is 20.6 Å². The molecule has 0 radical (unpaired) electrons. The van der Waals surface area contributed by atoms with Gasteiger partial charge in [0.1, 0.15) is 0 Å². The predicted molar refractivity (Wildman–Crippen MR) is 77.9 cm³/mol. The Balaban J connectivity index is 1.95. The molecule has 3 rings (SSSR count). The van der Waals surface area contributed by atoms with E-state index in [9.17, 15) is 4.79 Å². The number of carboxylic acids is 1. The molecule has 0 bridgehead atoms. The van der Waals surface area contributed by atoms with Gasteiger partial charge in [-0.1, -0.05) is 23.3 Å². The molecule has 0 atom stereocenters. The molecule has 1 N–H and O–H groups in total. The summed E-state index contributed by atoms with van der Waals surface area (Å²) in [4.78, 5) is 15.3. The van der Waals surface area contributed by atoms with Gasteiger partial charge in [-0.2, -0.15) is 0 Å². The van der Waals surface area contributed by atoms with E-state index in [0.717, 1.165) is 28.9 Å². The van der Waals surface area contributed by atoms with E-state index in [1.807, 2.05) is 16.7 Å². The van der Waals surface area contributed by atoms with Crippen molar-refractivity contribution in [2.45, 2.75) is 19.4 Å². The van der Waals surface area contributed by atoms with Crippen LogP contribution >= 0.6 is 11.6 Å². The topological polar surface area (TPSA) is 55.1 Å². The van der Waals surface area contributed by atoms with Crippen molar-refractivity contribution in [2.24, 2.45) is 0 Å². The number of nitrogens with zero attached hydrogens (tertiary/aromatic N) is 2. The number of carbonyl (C=O) groups is 1. The molecule has 102 valence electrons. The van der Waals surface area contributed by atoms with Crippen molar-refractivity contribution in [3.63, 3.8) is 0 Å². The Morgan fingerprint density at radius 3 is 2.90 bits per heavy atom. The minimum atomic E-state index is -0.925. The number of aromatic nitrogens is 2. The van der Waals surface area contributed by atoms with Crippen molar-refractivity contribution in [1.29, 1.82) is 0 Å². The maximum Gasteiger partial charge on any atom is 0.335 e. The minimum absolute atomic E-state index is 0.278. The smallest absolute Gasteiger partial charge is 0.335 e. The molecule has 0 aliphatic heterocycles. The number of fused-ring (bicyclic) bond motifs is 1. The third kappa shape index (κ3) is 2.47. The van der Waals surface area contributed by atoms with Gasteiger partial charge >= 0.3 is 5.97 Å². The molecule has 4 nitrogen and oxygen atoms in total. The van der Waals surface area contributed by atoms with Gasteiger partial charge in [-0.3, -0.25) is 0 Å². The molecule has 1 aliphatic rings. The van der Waals surface area contributed by atoms with Crippen LogP contribution in [0.5, 0.6) is 0 Å². The number of aromatic carboxylic acids is 1. The monoisotopic (exact) mass is 288 g/mol. The Hall–Kier alpha value is -2.07. The van der Waals surface area contributed by atoms with Crippen molar-refractivity contribution in [3.8, 4) is 0 Å². The summed E-state index contributed by atoms with van der Waals surface area (Å²) < 4.78 is 1.97. The zero-order chi connectivity index (χ0) is 14.1. The number of halogens is 1. The zero-order valence-electron chi connectivity index (χ0n) is 10.7. The van der Waals surface area contributed by atoms with Crippen LogP contribution in [0.3, 0.4) is 0 Å². The molecule has 0 saturated heterocycles. The number of imidazole rings is 1. The van der Waals surface area contributed by atoms with E-state index in [1.54, 1.807) is 24.5 Å². The molecule has 1 aromatic carbocycles. The highest BCUT2D eigenvalue weighted by Gasteiger charge is 2.10. The van der Waals surface area contributed by atoms with Crippen LogP contribution in [0.4, 0.5) is 0 Å². The van der Waals surface area contributed by atoms with E-state index in [0.29, 0.717) is 6.54 Å². The Labute approximate surface area is 121 Å². The second-order valence-electron chi connectivity index (χ2n) is 4.82. The molecule has 1 heterocycles. The van der Waals surface area contributed by atoms with E-state index in [2.05, 4.69) is 4.98 Å². The molecular formula is C15H13ClN2O2. The highest BCUT2D eigenvalue weighted by Crippen LogP contribution is 2.23. The third-order valence-electron chi connectivity index (χ3n) is 3.43. The second-order valence-corrected chi connectivity index (χ2v) is 5.31. The van der Waals surface area contributed by atoms with Gasteiger partial charge in [0.05, 0.1) is 22.9 Å². The second kappa shape index (κ2) is 5.13. The first-order valence-electron chi connectivity index (χ1n) is 6.36. The van der Waals surface area contributed by atoms with E-state index in [1.165, 1.54) is 5.57 Å². The Kier molecular flexibility index (Phi) is 3.32. The van der Waals surface area contributed by atoms with E-state index >= 15 is 0 Å². The maximum atomic E-state index is 11.0. The average molecular weight is 289 g/mol. The highest BCUT2D eigenvalue weighted by molar-refractivity contribution is 6.29. The molecule has 20 heavy (non-hydrogen) atoms. The summed E-state index contributed by atoms with van der Waals surface area (Å²) in [5, 5.41) is 9.93. The highest BCUT2D eigenvalue weighted by atomic mass is 35.5. The lowest BCUT2D eigenvalue weighted by atomic mass is 10.0. The first-order chi connectivity index (χ1) is 9.63. The van der Waals surface area contributed by atoms with E-state index < -0.39 is 5.97 Å². The lowest BCUT2D eigenvalue weighted by Crippen LogP contribution is -2.03. The molecule has 0 fully saturated rings. The third-order valence-corrected chi connectivity index (χ3v) is 3.74. The summed E-state index contributed by atoms with van der Waals surface area (Å²) in [6, 6.07) is 4.97. The first kappa shape index (κ1) is 12.9. The molecular weight excluding hydrogens is 276 g/mol. The molecule has 1 aliphatic carbocycles. The van der Waals surface area contributed by atoms with Crippen LogP contribution in [0.15, 0.2) is 47.3 Å². The van der Waals surface area contributed by atoms with Crippen LogP contribution in [0.2, 0.25) is 0 Å². The van der Waals surface area contributed by atoms with E-state index in [-0.39, 0.29) is 5.56 Å². The minimum Gasteiger partial charge on any atom is -0.478 e. The summed E-state index contributed by atoms with van der Waals surface area (Å²) in [5.74, 6) is -0.925. The first-order valence-corrected chi connectivity index (χ1v) is 6.73. The van der Waals surface area contributed by atoms with Crippen molar-refractivity contribution in [1.82, 2.24) is 9.55 Å². The SMILES string of the molecule is O=C(O)c1ccc2ncn(CC3=CC=C(Cl)CC3)c2c1. The molecule has 2 aromatic rings. The Morgan fingerprint density at radius 1 is 1.35 bits per heavy atom. The van der Waals surface area contributed by atoms with Gasteiger partial charge in [0.25, 0.3) is 0 Å². The molecule has 0 unspecified atom stereocenters. The quantitative estimate of drug-likeness (QED) is 0.939. The number of hydrogen-bond acceptors (Lipinski definition) is 2. The number of carboxylic acid groups (broad SMARTS) is 1. The summed E-state index contributed by atoms with van der Waals surface area (Å²) >= 11 is 5.95. The fraction of sp³-hybridized carbons (Fsp3) is 0.200. The van der Waals surface area contributed by atoms with Gasteiger partial charge in [0.15, 0.2) is 0 Å². The summed E-state index contributed by atoms with van der Waals surface area (Å²) in [5.41, 5.74) is 3.18. The molecule has 0 spiro atoms. The largest absolute Gasteiger partial charge is 0.478 e. The number of allylic oxidation sites excluding steroid dienone is 4. The Morgan fingerprint density at radius 2 is 2.20 bits per heavy atom. The number of rotatable bonds is 3. The van der Waals surface area contributed by atoms with Crippen LogP contribution in [0.25, 0.3) is 11.0 Å². The van der Waals surface area contributed by atoms with Gasteiger partial charge in [0, 0.05) is 11.6 Å². The van der Waals surface area contributed by atoms with Crippen LogP contribution in [-0.2, 0) is 6.54 Å². The van der Waals surface area contributed by atoms with Gasteiger partial charge in [-0.05, 0) is 37.1 Å². The summed E-state index contributed by atoms with van der Waals surface area (Å²) in [7, 11) is 0. The van der Waals surface area contributed by atoms with Crippen LogP contribution in [0, 0.1) is 0 Å². The van der Waals surface area contributed by atoms with Crippen LogP contribution < -0.4 is 0 Å². The number of hydrogen-bond donors (Lipinski definition) is 1. The fourth-order valence-corrected chi connectivity index (χ4v) is 2.48. The average Bonchev–Trinajstić information content (AvgIpc) is 2.84. The van der Waals surface area contributed by atoms with Crippen molar-refractivity contribution < 1.29 is 9.90 Å². The molecule has 1 aromatic heterocycles. The Bertz CT molecular complexity index is 743. The standard InChI is InChI=1S/C15H13ClN2O2/c16-12-4-1-10(2-5-12)8-18-9-17-13-6-3-11(15(19)20)7-14(13)18/h1,3-4,6-7,9H,2,5,8H2,(H,19,20). The lowest BCUT2D eigenvalue weighted by molar-refractivity contribution is 0.0697. The predicted octanol–water partition coefficient (Wildman–Crippen LogP) is 3.58. The van der Waals surface area contributed by atoms with Crippen LogP contribution in [0.1, 0.15) is 23.2 Å². The molecule has 0 amide bonds. The van der Waals surface area contributed by atoms with Gasteiger partial charge in [-0.15, -0.1) is 0 Å². The van der Waals surface area contributed by atoms with Gasteiger partial charge < -0.3 is 9.67 Å². The van der Waals surface area contributed by atoms with E-state index in [4.69, 9.17) is 16.7 Å².